The SMILES string of the molecule is Cc1cc(CC(=O)O)nn1CC(=O)N1CCC(c2cnc(-c3cc(SC(F)(F)F)cc(C(C)(C)C)c3)s2)CC1. The number of thiazole rings is 1. The molecule has 1 aromatic carbocycles. The van der Waals surface area contributed by atoms with Crippen LogP contribution in [0.25, 0.3) is 10.6 Å². The fourth-order valence-corrected chi connectivity index (χ4v) is 6.29. The molecule has 1 aliphatic rings. The second-order valence-corrected chi connectivity index (χ2v) is 13.0. The second kappa shape index (κ2) is 11.3. The average Bonchev–Trinajstić information content (AvgIpc) is 3.44. The summed E-state index contributed by atoms with van der Waals surface area (Å²) in [5, 5.41) is 13.9. The number of aryl methyl sites for hydroxylation is 1. The summed E-state index contributed by atoms with van der Waals surface area (Å²) in [7, 11) is 0. The number of nitrogens with zero attached hydrogens (tertiary/aromatic N) is 4. The Morgan fingerprint density at radius 2 is 1.82 bits per heavy atom. The minimum absolute atomic E-state index is 0.0587. The van der Waals surface area contributed by atoms with Crippen LogP contribution in [0.5, 0.6) is 0 Å². The Hall–Kier alpha value is -2.86. The van der Waals surface area contributed by atoms with Crippen LogP contribution in [-0.4, -0.2) is 55.2 Å². The summed E-state index contributed by atoms with van der Waals surface area (Å²) in [6, 6.07) is 6.75. The maximum atomic E-state index is 13.1. The zero-order valence-corrected chi connectivity index (χ0v) is 23.8. The van der Waals surface area contributed by atoms with Crippen molar-refractivity contribution in [2.75, 3.05) is 13.1 Å². The number of amides is 1. The summed E-state index contributed by atoms with van der Waals surface area (Å²) >= 11 is 1.38. The summed E-state index contributed by atoms with van der Waals surface area (Å²) in [6.45, 7) is 8.91. The molecular weight excluding hydrogens is 549 g/mol. The van der Waals surface area contributed by atoms with E-state index < -0.39 is 11.5 Å². The number of carbonyl (C=O) groups excluding carboxylic acids is 1. The topological polar surface area (TPSA) is 88.3 Å². The van der Waals surface area contributed by atoms with Gasteiger partial charge in [-0.05, 0) is 72.7 Å². The maximum Gasteiger partial charge on any atom is 0.446 e. The largest absolute Gasteiger partial charge is 0.481 e. The number of aromatic nitrogens is 3. The molecule has 1 fully saturated rings. The first-order valence-electron chi connectivity index (χ1n) is 12.6. The van der Waals surface area contributed by atoms with Crippen molar-refractivity contribution in [1.29, 1.82) is 0 Å². The van der Waals surface area contributed by atoms with Gasteiger partial charge in [0.25, 0.3) is 0 Å². The molecule has 0 atom stereocenters. The molecule has 0 spiro atoms. The third kappa shape index (κ3) is 7.63. The Morgan fingerprint density at radius 3 is 2.44 bits per heavy atom. The van der Waals surface area contributed by atoms with Gasteiger partial charge in [0.1, 0.15) is 11.6 Å². The number of aliphatic carboxylic acids is 1. The molecule has 1 N–H and O–H groups in total. The van der Waals surface area contributed by atoms with Gasteiger partial charge in [-0.25, -0.2) is 4.98 Å². The molecule has 0 unspecified atom stereocenters. The number of hydrogen-bond donors (Lipinski definition) is 1. The van der Waals surface area contributed by atoms with E-state index in [2.05, 4.69) is 10.1 Å². The van der Waals surface area contributed by atoms with E-state index in [-0.39, 0.29) is 46.9 Å². The van der Waals surface area contributed by atoms with Crippen molar-refractivity contribution in [1.82, 2.24) is 19.7 Å². The Kier molecular flexibility index (Phi) is 8.46. The van der Waals surface area contributed by atoms with Gasteiger partial charge < -0.3 is 10.0 Å². The van der Waals surface area contributed by atoms with Crippen LogP contribution in [0.4, 0.5) is 13.2 Å². The first-order chi connectivity index (χ1) is 18.2. The zero-order chi connectivity index (χ0) is 28.5. The number of piperidine rings is 1. The smallest absolute Gasteiger partial charge is 0.446 e. The third-order valence-corrected chi connectivity index (χ3v) is 8.59. The third-order valence-electron chi connectivity index (χ3n) is 6.68. The van der Waals surface area contributed by atoms with Gasteiger partial charge in [0.05, 0.1) is 12.1 Å². The number of carboxylic acids is 1. The van der Waals surface area contributed by atoms with Crippen molar-refractivity contribution >= 4 is 35.0 Å². The molecule has 1 aliphatic heterocycles. The van der Waals surface area contributed by atoms with Crippen LogP contribution >= 0.6 is 23.1 Å². The minimum Gasteiger partial charge on any atom is -0.481 e. The van der Waals surface area contributed by atoms with Crippen molar-refractivity contribution in [3.05, 3.63) is 52.3 Å². The van der Waals surface area contributed by atoms with Gasteiger partial charge in [-0.3, -0.25) is 14.3 Å². The zero-order valence-electron chi connectivity index (χ0n) is 22.2. The van der Waals surface area contributed by atoms with Gasteiger partial charge in [0.15, 0.2) is 0 Å². The molecule has 1 saturated heterocycles. The van der Waals surface area contributed by atoms with Crippen molar-refractivity contribution in [3.8, 4) is 10.6 Å². The number of alkyl halides is 3. The first kappa shape index (κ1) is 29.1. The van der Waals surface area contributed by atoms with E-state index in [0.717, 1.165) is 29.0 Å². The average molecular weight is 581 g/mol. The van der Waals surface area contributed by atoms with E-state index in [1.54, 1.807) is 40.9 Å². The highest BCUT2D eigenvalue weighted by molar-refractivity contribution is 8.00. The molecule has 0 aliphatic carbocycles. The summed E-state index contributed by atoms with van der Waals surface area (Å²) in [5.74, 6) is -0.828. The predicted molar refractivity (Wildman–Crippen MR) is 145 cm³/mol. The standard InChI is InChI=1S/C27H31F3N4O3S2/c1-16-9-20(13-24(36)37)32-34(16)15-23(35)33-7-5-17(6-8-33)22-14-31-25(38-22)18-10-19(26(2,3)4)12-21(11-18)39-27(28,29)30/h9-12,14,17H,5-8,13,15H2,1-4H3,(H,36,37). The lowest BCUT2D eigenvalue weighted by Crippen LogP contribution is -2.40. The van der Waals surface area contributed by atoms with E-state index in [9.17, 15) is 22.8 Å². The molecule has 39 heavy (non-hydrogen) atoms. The Bertz CT molecular complexity index is 1350. The van der Waals surface area contributed by atoms with Crippen LogP contribution in [0.3, 0.4) is 0 Å². The minimum atomic E-state index is -4.37. The van der Waals surface area contributed by atoms with Crippen LogP contribution in [0, 0.1) is 6.92 Å². The molecular formula is C27H31F3N4O3S2. The van der Waals surface area contributed by atoms with Gasteiger partial charge in [-0.15, -0.1) is 11.3 Å². The van der Waals surface area contributed by atoms with Gasteiger partial charge in [-0.1, -0.05) is 20.8 Å². The summed E-state index contributed by atoms with van der Waals surface area (Å²) < 4.78 is 40.9. The van der Waals surface area contributed by atoms with Crippen LogP contribution in [-0.2, 0) is 28.0 Å². The quantitative estimate of drug-likeness (QED) is 0.332. The fraction of sp³-hybridized carbons (Fsp3) is 0.481. The van der Waals surface area contributed by atoms with Crippen molar-refractivity contribution in [3.63, 3.8) is 0 Å². The van der Waals surface area contributed by atoms with Gasteiger partial charge in [0, 0.05) is 40.3 Å². The van der Waals surface area contributed by atoms with Gasteiger partial charge in [0.2, 0.25) is 5.91 Å². The number of thioether (sulfide) groups is 1. The molecule has 12 heteroatoms. The summed E-state index contributed by atoms with van der Waals surface area (Å²) in [6.07, 6.45) is 3.13. The van der Waals surface area contributed by atoms with Crippen molar-refractivity contribution in [2.24, 2.45) is 0 Å². The highest BCUT2D eigenvalue weighted by atomic mass is 32.2. The molecule has 210 valence electrons. The number of carboxylic acid groups (broad SMARTS) is 1. The highest BCUT2D eigenvalue weighted by Gasteiger charge is 2.31. The van der Waals surface area contributed by atoms with Gasteiger partial charge >= 0.3 is 11.5 Å². The molecule has 2 aromatic heterocycles. The molecule has 1 amide bonds. The molecule has 0 radical (unpaired) electrons. The fourth-order valence-electron chi connectivity index (χ4n) is 4.58. The highest BCUT2D eigenvalue weighted by Crippen LogP contribution is 2.42. The summed E-state index contributed by atoms with van der Waals surface area (Å²) in [5.41, 5.74) is -2.04. The van der Waals surface area contributed by atoms with E-state index in [1.807, 2.05) is 26.8 Å². The van der Waals surface area contributed by atoms with E-state index in [4.69, 9.17) is 5.11 Å². The predicted octanol–water partition coefficient (Wildman–Crippen LogP) is 6.26. The number of halogens is 3. The van der Waals surface area contributed by atoms with Gasteiger partial charge in [-0.2, -0.15) is 18.3 Å². The number of rotatable bonds is 7. The van der Waals surface area contributed by atoms with Crippen LogP contribution in [0.15, 0.2) is 35.4 Å². The monoisotopic (exact) mass is 580 g/mol. The van der Waals surface area contributed by atoms with E-state index >= 15 is 0 Å². The lowest BCUT2D eigenvalue weighted by atomic mass is 9.86. The number of hydrogen-bond acceptors (Lipinski definition) is 6. The number of benzene rings is 1. The second-order valence-electron chi connectivity index (χ2n) is 10.8. The molecule has 3 aromatic rings. The molecule has 3 heterocycles. The molecule has 0 saturated carbocycles. The Morgan fingerprint density at radius 1 is 1.13 bits per heavy atom. The van der Waals surface area contributed by atoms with Crippen LogP contribution in [0.2, 0.25) is 0 Å². The van der Waals surface area contributed by atoms with Crippen LogP contribution < -0.4 is 0 Å². The normalized spacial score (nSPS) is 15.1. The van der Waals surface area contributed by atoms with Crippen LogP contribution in [0.1, 0.15) is 61.4 Å². The van der Waals surface area contributed by atoms with E-state index in [0.29, 0.717) is 29.4 Å². The Balaban J connectivity index is 1.42. The van der Waals surface area contributed by atoms with Crippen molar-refractivity contribution < 1.29 is 27.9 Å². The van der Waals surface area contributed by atoms with E-state index in [1.165, 1.54) is 11.3 Å². The number of likely N-dealkylation sites (tertiary alicyclic amines) is 1. The lowest BCUT2D eigenvalue weighted by Gasteiger charge is -2.31. The molecule has 7 nitrogen and oxygen atoms in total. The Labute approximate surface area is 233 Å². The summed E-state index contributed by atoms with van der Waals surface area (Å²) in [4.78, 5) is 31.4. The lowest BCUT2D eigenvalue weighted by molar-refractivity contribution is -0.136. The first-order valence-corrected chi connectivity index (χ1v) is 14.2. The molecule has 0 bridgehead atoms. The molecule has 4 rings (SSSR count). The maximum absolute atomic E-state index is 13.1. The number of carbonyl (C=O) groups is 2. The van der Waals surface area contributed by atoms with Crippen molar-refractivity contribution in [2.45, 2.75) is 75.2 Å².